The van der Waals surface area contributed by atoms with Gasteiger partial charge in [-0.3, -0.25) is 0 Å². The van der Waals surface area contributed by atoms with E-state index in [0.29, 0.717) is 17.4 Å². The predicted molar refractivity (Wildman–Crippen MR) is 83.2 cm³/mol. The Morgan fingerprint density at radius 2 is 1.83 bits per heavy atom. The van der Waals surface area contributed by atoms with Crippen molar-refractivity contribution in [2.75, 3.05) is 0 Å². The van der Waals surface area contributed by atoms with Crippen molar-refractivity contribution in [3.8, 4) is 0 Å². The molecular weight excluding hydrogens is 238 g/mol. The minimum atomic E-state index is 0.311. The van der Waals surface area contributed by atoms with Gasteiger partial charge in [0.15, 0.2) is 0 Å². The summed E-state index contributed by atoms with van der Waals surface area (Å²) in [4.78, 5) is 2.92. The molecule has 2 unspecified atom stereocenters. The van der Waals surface area contributed by atoms with E-state index in [1.807, 2.05) is 11.3 Å². The van der Waals surface area contributed by atoms with Gasteiger partial charge in [0.2, 0.25) is 0 Å². The van der Waals surface area contributed by atoms with Crippen molar-refractivity contribution in [3.63, 3.8) is 0 Å². The van der Waals surface area contributed by atoms with Gasteiger partial charge in [-0.05, 0) is 49.1 Å². The Morgan fingerprint density at radius 1 is 1.22 bits per heavy atom. The van der Waals surface area contributed by atoms with Crippen molar-refractivity contribution < 1.29 is 0 Å². The monoisotopic (exact) mass is 267 g/mol. The van der Waals surface area contributed by atoms with Crippen molar-refractivity contribution in [3.05, 3.63) is 21.9 Å². The maximum Gasteiger partial charge on any atom is 0.00897 e. The highest BCUT2D eigenvalue weighted by Crippen LogP contribution is 2.27. The quantitative estimate of drug-likeness (QED) is 0.798. The van der Waals surface area contributed by atoms with Crippen LogP contribution in [0.5, 0.6) is 0 Å². The SMILES string of the molecule is CCc1ccc(CC(N)CC(C)CC(C)(C)C)s1. The lowest BCUT2D eigenvalue weighted by molar-refractivity contribution is 0.285. The number of hydrogen-bond acceptors (Lipinski definition) is 2. The van der Waals surface area contributed by atoms with E-state index in [2.05, 4.69) is 46.8 Å². The zero-order chi connectivity index (χ0) is 13.8. The third-order valence-electron chi connectivity index (χ3n) is 3.20. The second-order valence-corrected chi connectivity index (χ2v) is 8.04. The van der Waals surface area contributed by atoms with Gasteiger partial charge in [0.05, 0.1) is 0 Å². The fourth-order valence-electron chi connectivity index (χ4n) is 2.71. The van der Waals surface area contributed by atoms with Gasteiger partial charge in [-0.25, -0.2) is 0 Å². The summed E-state index contributed by atoms with van der Waals surface area (Å²) in [6.45, 7) is 11.5. The molecule has 0 spiro atoms. The topological polar surface area (TPSA) is 26.0 Å². The average molecular weight is 267 g/mol. The molecule has 1 heterocycles. The second-order valence-electron chi connectivity index (χ2n) is 6.79. The lowest BCUT2D eigenvalue weighted by Gasteiger charge is -2.25. The summed E-state index contributed by atoms with van der Waals surface area (Å²) in [5.41, 5.74) is 6.70. The zero-order valence-corrected chi connectivity index (χ0v) is 13.4. The maximum atomic E-state index is 6.28. The molecule has 0 aliphatic heterocycles. The van der Waals surface area contributed by atoms with Gasteiger partial charge in [0, 0.05) is 15.8 Å². The van der Waals surface area contributed by atoms with E-state index >= 15 is 0 Å². The molecule has 0 fully saturated rings. The molecule has 1 nitrogen and oxygen atoms in total. The second kappa shape index (κ2) is 6.72. The molecule has 18 heavy (non-hydrogen) atoms. The summed E-state index contributed by atoms with van der Waals surface area (Å²) in [5, 5.41) is 0. The van der Waals surface area contributed by atoms with Gasteiger partial charge in [-0.2, -0.15) is 0 Å². The lowest BCUT2D eigenvalue weighted by Crippen LogP contribution is -2.26. The van der Waals surface area contributed by atoms with Gasteiger partial charge in [-0.1, -0.05) is 34.6 Å². The van der Waals surface area contributed by atoms with E-state index in [9.17, 15) is 0 Å². The van der Waals surface area contributed by atoms with Crippen LogP contribution >= 0.6 is 11.3 Å². The molecule has 0 aromatic carbocycles. The Balaban J connectivity index is 2.39. The summed E-state index contributed by atoms with van der Waals surface area (Å²) in [6.07, 6.45) is 4.57. The average Bonchev–Trinajstić information content (AvgIpc) is 2.61. The zero-order valence-electron chi connectivity index (χ0n) is 12.6. The van der Waals surface area contributed by atoms with Crippen molar-refractivity contribution in [2.24, 2.45) is 17.1 Å². The van der Waals surface area contributed by atoms with Crippen LogP contribution in [0, 0.1) is 11.3 Å². The summed E-state index contributed by atoms with van der Waals surface area (Å²) in [5.74, 6) is 0.714. The highest BCUT2D eigenvalue weighted by molar-refractivity contribution is 7.11. The molecule has 2 heteroatoms. The Hall–Kier alpha value is -0.340. The van der Waals surface area contributed by atoms with Crippen LogP contribution in [0.2, 0.25) is 0 Å². The lowest BCUT2D eigenvalue weighted by atomic mass is 9.82. The molecule has 0 amide bonds. The van der Waals surface area contributed by atoms with Gasteiger partial charge >= 0.3 is 0 Å². The third kappa shape index (κ3) is 6.01. The van der Waals surface area contributed by atoms with E-state index in [0.717, 1.165) is 19.3 Å². The number of rotatable bonds is 6. The molecule has 0 aliphatic rings. The van der Waals surface area contributed by atoms with Crippen molar-refractivity contribution >= 4 is 11.3 Å². The van der Waals surface area contributed by atoms with E-state index < -0.39 is 0 Å². The Kier molecular flexibility index (Phi) is 5.87. The highest BCUT2D eigenvalue weighted by Gasteiger charge is 2.18. The molecule has 0 aliphatic carbocycles. The molecule has 1 rings (SSSR count). The standard InChI is InChI=1S/C16H29NS/c1-6-14-7-8-15(18-14)10-13(17)9-12(2)11-16(3,4)5/h7-8,12-13H,6,9-11,17H2,1-5H3. The van der Waals surface area contributed by atoms with Crippen LogP contribution in [-0.4, -0.2) is 6.04 Å². The van der Waals surface area contributed by atoms with E-state index in [-0.39, 0.29) is 0 Å². The Bertz CT molecular complexity index is 348. The smallest absolute Gasteiger partial charge is 0.00897 e. The number of aryl methyl sites for hydroxylation is 1. The molecule has 2 atom stereocenters. The minimum absolute atomic E-state index is 0.311. The van der Waals surface area contributed by atoms with E-state index in [4.69, 9.17) is 5.73 Å². The third-order valence-corrected chi connectivity index (χ3v) is 4.45. The van der Waals surface area contributed by atoms with E-state index in [1.165, 1.54) is 16.2 Å². The molecule has 0 bridgehead atoms. The molecule has 0 saturated carbocycles. The molecule has 2 N–H and O–H groups in total. The summed E-state index contributed by atoms with van der Waals surface area (Å²) >= 11 is 1.92. The van der Waals surface area contributed by atoms with Crippen molar-refractivity contribution in [1.29, 1.82) is 0 Å². The number of thiophene rings is 1. The number of hydrogen-bond donors (Lipinski definition) is 1. The van der Waals surface area contributed by atoms with Crippen LogP contribution in [0.1, 0.15) is 57.2 Å². The van der Waals surface area contributed by atoms with Crippen molar-refractivity contribution in [2.45, 2.75) is 66.3 Å². The van der Waals surface area contributed by atoms with Crippen LogP contribution in [0.3, 0.4) is 0 Å². The first-order valence-electron chi connectivity index (χ1n) is 7.13. The first kappa shape index (κ1) is 15.7. The van der Waals surface area contributed by atoms with Gasteiger partial charge < -0.3 is 5.73 Å². The fourth-order valence-corrected chi connectivity index (χ4v) is 3.76. The maximum absolute atomic E-state index is 6.28. The molecule has 0 saturated heterocycles. The van der Waals surface area contributed by atoms with Gasteiger partial charge in [-0.15, -0.1) is 11.3 Å². The van der Waals surface area contributed by atoms with Gasteiger partial charge in [0.25, 0.3) is 0 Å². The first-order valence-corrected chi connectivity index (χ1v) is 7.95. The predicted octanol–water partition coefficient (Wildman–Crippen LogP) is 4.64. The minimum Gasteiger partial charge on any atom is -0.327 e. The molecule has 104 valence electrons. The summed E-state index contributed by atoms with van der Waals surface area (Å²) in [6, 6.07) is 4.80. The Labute approximate surface area is 117 Å². The van der Waals surface area contributed by atoms with Crippen LogP contribution < -0.4 is 5.73 Å². The molecule has 0 radical (unpaired) electrons. The van der Waals surface area contributed by atoms with Crippen LogP contribution in [0.15, 0.2) is 12.1 Å². The number of nitrogens with two attached hydrogens (primary N) is 1. The first-order chi connectivity index (χ1) is 8.30. The highest BCUT2D eigenvalue weighted by atomic mass is 32.1. The Morgan fingerprint density at radius 3 is 2.33 bits per heavy atom. The van der Waals surface area contributed by atoms with E-state index in [1.54, 1.807) is 0 Å². The van der Waals surface area contributed by atoms with Gasteiger partial charge in [0.1, 0.15) is 0 Å². The molecule has 1 aromatic heterocycles. The molecule has 1 aromatic rings. The fraction of sp³-hybridized carbons (Fsp3) is 0.750. The van der Waals surface area contributed by atoms with Crippen LogP contribution in [0.4, 0.5) is 0 Å². The largest absolute Gasteiger partial charge is 0.327 e. The summed E-state index contributed by atoms with van der Waals surface area (Å²) < 4.78 is 0. The molecular formula is C16H29NS. The normalized spacial score (nSPS) is 15.7. The summed E-state index contributed by atoms with van der Waals surface area (Å²) in [7, 11) is 0. The van der Waals surface area contributed by atoms with Crippen LogP contribution in [-0.2, 0) is 12.8 Å². The van der Waals surface area contributed by atoms with Crippen molar-refractivity contribution in [1.82, 2.24) is 0 Å². The van der Waals surface area contributed by atoms with Crippen LogP contribution in [0.25, 0.3) is 0 Å².